The molecule has 0 bridgehead atoms. The maximum absolute atomic E-state index is 12.1. The van der Waals surface area contributed by atoms with E-state index in [0.29, 0.717) is 25.3 Å². The highest BCUT2D eigenvalue weighted by atomic mass is 16.5. The first kappa shape index (κ1) is 20.5. The summed E-state index contributed by atoms with van der Waals surface area (Å²) in [6.07, 6.45) is 7.18. The van der Waals surface area contributed by atoms with E-state index in [0.717, 1.165) is 54.9 Å². The lowest BCUT2D eigenvalue weighted by Crippen LogP contribution is -2.28. The van der Waals surface area contributed by atoms with Crippen LogP contribution in [0.25, 0.3) is 11.3 Å². The summed E-state index contributed by atoms with van der Waals surface area (Å²) >= 11 is 0. The van der Waals surface area contributed by atoms with Gasteiger partial charge in [0.05, 0.1) is 13.2 Å². The number of methoxy groups -OCH3 is 1. The summed E-state index contributed by atoms with van der Waals surface area (Å²) in [6, 6.07) is 11.6. The van der Waals surface area contributed by atoms with Gasteiger partial charge in [0.1, 0.15) is 17.3 Å². The maximum Gasteiger partial charge on any atom is 0.220 e. The highest BCUT2D eigenvalue weighted by molar-refractivity contribution is 5.76. The van der Waals surface area contributed by atoms with Gasteiger partial charge in [0.15, 0.2) is 0 Å². The summed E-state index contributed by atoms with van der Waals surface area (Å²) < 4.78 is 11.0. The van der Waals surface area contributed by atoms with Gasteiger partial charge in [-0.2, -0.15) is 0 Å². The zero-order valence-corrected chi connectivity index (χ0v) is 16.7. The van der Waals surface area contributed by atoms with E-state index in [2.05, 4.69) is 5.32 Å². The van der Waals surface area contributed by atoms with Crippen molar-refractivity contribution in [3.05, 3.63) is 42.2 Å². The second-order valence-corrected chi connectivity index (χ2v) is 7.60. The molecule has 0 aliphatic heterocycles. The van der Waals surface area contributed by atoms with Crippen LogP contribution in [0.5, 0.6) is 5.75 Å². The minimum Gasteiger partial charge on any atom is -0.497 e. The van der Waals surface area contributed by atoms with Crippen LogP contribution in [0.4, 0.5) is 0 Å². The molecule has 3 rings (SSSR count). The summed E-state index contributed by atoms with van der Waals surface area (Å²) in [7, 11) is 1.64. The smallest absolute Gasteiger partial charge is 0.220 e. The molecule has 0 saturated heterocycles. The molecular formula is C23H31NO4. The highest BCUT2D eigenvalue weighted by Crippen LogP contribution is 2.28. The molecule has 0 unspecified atom stereocenters. The number of benzene rings is 1. The molecule has 152 valence electrons. The first-order valence-corrected chi connectivity index (χ1v) is 10.3. The Morgan fingerprint density at radius 3 is 2.71 bits per heavy atom. The summed E-state index contributed by atoms with van der Waals surface area (Å²) in [5.74, 6) is 2.87. The molecule has 1 aromatic carbocycles. The minimum atomic E-state index is -0.150. The number of aryl methyl sites for hydroxylation is 1. The first-order valence-electron chi connectivity index (χ1n) is 10.3. The topological polar surface area (TPSA) is 71.7 Å². The van der Waals surface area contributed by atoms with Gasteiger partial charge in [-0.1, -0.05) is 12.8 Å². The average Bonchev–Trinajstić information content (AvgIpc) is 3.20. The number of aliphatic hydroxyl groups is 1. The van der Waals surface area contributed by atoms with Gasteiger partial charge in [-0.05, 0) is 68.0 Å². The second kappa shape index (κ2) is 10.3. The molecule has 2 aromatic rings. The van der Waals surface area contributed by atoms with Crippen LogP contribution in [0.1, 0.15) is 50.7 Å². The van der Waals surface area contributed by atoms with Crippen LogP contribution < -0.4 is 10.1 Å². The standard InChI is InChI=1S/C23H31NO4/c1-27-19-10-8-18(9-11-19)22-14-12-20(28-22)13-15-23(26)24-16-4-6-17-5-2-3-7-21(17)25/h8-12,14,17,21,25H,2-7,13,15-16H2,1H3,(H,24,26)/t17-,21+/m1/s1. The van der Waals surface area contributed by atoms with Crippen molar-refractivity contribution in [2.45, 2.75) is 57.5 Å². The van der Waals surface area contributed by atoms with Crippen molar-refractivity contribution in [1.29, 1.82) is 0 Å². The van der Waals surface area contributed by atoms with Crippen LogP contribution in [0.2, 0.25) is 0 Å². The Hall–Kier alpha value is -2.27. The zero-order valence-electron chi connectivity index (χ0n) is 16.7. The van der Waals surface area contributed by atoms with Gasteiger partial charge in [0, 0.05) is 24.9 Å². The average molecular weight is 386 g/mol. The molecule has 1 aromatic heterocycles. The fourth-order valence-electron chi connectivity index (χ4n) is 3.86. The van der Waals surface area contributed by atoms with Gasteiger partial charge in [-0.3, -0.25) is 4.79 Å². The number of carbonyl (C=O) groups is 1. The number of ether oxygens (including phenoxy) is 1. The van der Waals surface area contributed by atoms with E-state index < -0.39 is 0 Å². The van der Waals surface area contributed by atoms with E-state index in [-0.39, 0.29) is 12.0 Å². The van der Waals surface area contributed by atoms with E-state index in [4.69, 9.17) is 9.15 Å². The molecule has 1 amide bonds. The lowest BCUT2D eigenvalue weighted by molar-refractivity contribution is -0.121. The molecule has 0 radical (unpaired) electrons. The predicted octanol–water partition coefficient (Wildman–Crippen LogP) is 4.34. The van der Waals surface area contributed by atoms with Crippen molar-refractivity contribution in [3.63, 3.8) is 0 Å². The number of aliphatic hydroxyl groups excluding tert-OH is 1. The largest absolute Gasteiger partial charge is 0.497 e. The Kier molecular flexibility index (Phi) is 7.54. The van der Waals surface area contributed by atoms with Gasteiger partial charge < -0.3 is 19.6 Å². The SMILES string of the molecule is COc1ccc(-c2ccc(CCC(=O)NCCC[C@H]3CCCC[C@@H]3O)o2)cc1. The van der Waals surface area contributed by atoms with E-state index in [1.807, 2.05) is 36.4 Å². The van der Waals surface area contributed by atoms with Crippen LogP contribution in [-0.2, 0) is 11.2 Å². The molecule has 28 heavy (non-hydrogen) atoms. The summed E-state index contributed by atoms with van der Waals surface area (Å²) in [5.41, 5.74) is 0.987. The predicted molar refractivity (Wildman–Crippen MR) is 109 cm³/mol. The minimum absolute atomic E-state index is 0.0478. The zero-order chi connectivity index (χ0) is 19.8. The summed E-state index contributed by atoms with van der Waals surface area (Å²) in [4.78, 5) is 12.1. The molecule has 1 saturated carbocycles. The number of furan rings is 1. The van der Waals surface area contributed by atoms with Gasteiger partial charge in [-0.15, -0.1) is 0 Å². The van der Waals surface area contributed by atoms with Crippen molar-refractivity contribution >= 4 is 5.91 Å². The molecule has 1 aliphatic rings. The molecule has 2 atom stereocenters. The Morgan fingerprint density at radius 1 is 1.18 bits per heavy atom. The van der Waals surface area contributed by atoms with Gasteiger partial charge in [0.2, 0.25) is 5.91 Å². The van der Waals surface area contributed by atoms with Crippen molar-refractivity contribution in [2.75, 3.05) is 13.7 Å². The van der Waals surface area contributed by atoms with Crippen LogP contribution in [0.15, 0.2) is 40.8 Å². The van der Waals surface area contributed by atoms with E-state index >= 15 is 0 Å². The fourth-order valence-corrected chi connectivity index (χ4v) is 3.86. The lowest BCUT2D eigenvalue weighted by atomic mass is 9.83. The molecular weight excluding hydrogens is 354 g/mol. The monoisotopic (exact) mass is 385 g/mol. The molecule has 1 heterocycles. The third kappa shape index (κ3) is 5.86. The van der Waals surface area contributed by atoms with Crippen molar-refractivity contribution in [2.24, 2.45) is 5.92 Å². The maximum atomic E-state index is 12.1. The van der Waals surface area contributed by atoms with E-state index in [9.17, 15) is 9.90 Å². The molecule has 0 spiro atoms. The molecule has 5 nitrogen and oxygen atoms in total. The quantitative estimate of drug-likeness (QED) is 0.630. The molecule has 2 N–H and O–H groups in total. The van der Waals surface area contributed by atoms with Gasteiger partial charge >= 0.3 is 0 Å². The number of carbonyl (C=O) groups excluding carboxylic acids is 1. The van der Waals surface area contributed by atoms with Crippen LogP contribution in [0, 0.1) is 5.92 Å². The Bertz CT molecular complexity index is 737. The Balaban J connectivity index is 1.36. The number of rotatable bonds is 9. The number of hydrogen-bond acceptors (Lipinski definition) is 4. The number of amides is 1. The summed E-state index contributed by atoms with van der Waals surface area (Å²) in [6.45, 7) is 0.678. The van der Waals surface area contributed by atoms with Crippen molar-refractivity contribution < 1.29 is 19.1 Å². The fraction of sp³-hybridized carbons (Fsp3) is 0.522. The third-order valence-corrected chi connectivity index (χ3v) is 5.58. The molecule has 1 fully saturated rings. The number of hydrogen-bond donors (Lipinski definition) is 2. The van der Waals surface area contributed by atoms with Crippen LogP contribution in [0.3, 0.4) is 0 Å². The van der Waals surface area contributed by atoms with Crippen LogP contribution >= 0.6 is 0 Å². The van der Waals surface area contributed by atoms with Crippen LogP contribution in [-0.4, -0.2) is 30.8 Å². The second-order valence-electron chi connectivity index (χ2n) is 7.60. The molecule has 1 aliphatic carbocycles. The lowest BCUT2D eigenvalue weighted by Gasteiger charge is -2.27. The van der Waals surface area contributed by atoms with E-state index in [1.54, 1.807) is 7.11 Å². The molecule has 5 heteroatoms. The first-order chi connectivity index (χ1) is 13.7. The van der Waals surface area contributed by atoms with Crippen molar-refractivity contribution in [1.82, 2.24) is 5.32 Å². The third-order valence-electron chi connectivity index (χ3n) is 5.58. The van der Waals surface area contributed by atoms with Crippen molar-refractivity contribution in [3.8, 4) is 17.1 Å². The number of nitrogens with one attached hydrogen (secondary N) is 1. The van der Waals surface area contributed by atoms with Gasteiger partial charge in [-0.25, -0.2) is 0 Å². The highest BCUT2D eigenvalue weighted by Gasteiger charge is 2.22. The van der Waals surface area contributed by atoms with E-state index in [1.165, 1.54) is 6.42 Å². The summed E-state index contributed by atoms with van der Waals surface area (Å²) in [5, 5.41) is 13.0. The Morgan fingerprint density at radius 2 is 1.96 bits per heavy atom. The van der Waals surface area contributed by atoms with Gasteiger partial charge in [0.25, 0.3) is 0 Å². The Labute approximate surface area is 167 Å². The normalized spacial score (nSPS) is 19.4.